The zero-order chi connectivity index (χ0) is 19.0. The van der Waals surface area contributed by atoms with Gasteiger partial charge >= 0.3 is 0 Å². The summed E-state index contributed by atoms with van der Waals surface area (Å²) in [4.78, 5) is 9.27. The number of aromatic nitrogens is 3. The second-order valence-electron chi connectivity index (χ2n) is 6.74. The third-order valence-corrected chi connectivity index (χ3v) is 4.83. The Morgan fingerprint density at radius 1 is 1.07 bits per heavy atom. The number of rotatable bonds is 5. The van der Waals surface area contributed by atoms with E-state index in [0.29, 0.717) is 23.4 Å². The van der Waals surface area contributed by atoms with Gasteiger partial charge in [0.05, 0.1) is 17.6 Å². The summed E-state index contributed by atoms with van der Waals surface area (Å²) in [6.07, 6.45) is 2.86. The van der Waals surface area contributed by atoms with E-state index in [0.717, 1.165) is 41.5 Å². The van der Waals surface area contributed by atoms with Crippen LogP contribution in [0.1, 0.15) is 31.2 Å². The molecule has 0 radical (unpaired) electrons. The van der Waals surface area contributed by atoms with Gasteiger partial charge in [0.15, 0.2) is 5.82 Å². The van der Waals surface area contributed by atoms with Gasteiger partial charge in [0, 0.05) is 17.4 Å². The smallest absolute Gasteiger partial charge is 0.152 e. The molecule has 0 fully saturated rings. The Balaban J connectivity index is 1.99. The molecule has 0 saturated heterocycles. The first-order chi connectivity index (χ1) is 13.1. The molecule has 2 aromatic carbocycles. The predicted molar refractivity (Wildman–Crippen MR) is 107 cm³/mol. The van der Waals surface area contributed by atoms with Crippen LogP contribution in [0.2, 0.25) is 0 Å². The van der Waals surface area contributed by atoms with Crippen LogP contribution in [0.25, 0.3) is 21.9 Å². The summed E-state index contributed by atoms with van der Waals surface area (Å²) in [6.45, 7) is 2.53. The summed E-state index contributed by atoms with van der Waals surface area (Å²) in [5, 5.41) is 21.1. The molecular formula is C21H22N4O2. The maximum Gasteiger partial charge on any atom is 0.152 e. The van der Waals surface area contributed by atoms with E-state index in [1.807, 2.05) is 24.3 Å². The molecule has 0 bridgehead atoms. The molecule has 0 unspecified atom stereocenters. The Morgan fingerprint density at radius 3 is 2.70 bits per heavy atom. The van der Waals surface area contributed by atoms with Crippen molar-refractivity contribution in [2.24, 2.45) is 0 Å². The second kappa shape index (κ2) is 6.79. The number of nitrogens with two attached hydrogens (primary N) is 1. The van der Waals surface area contributed by atoms with Gasteiger partial charge in [0.1, 0.15) is 22.8 Å². The van der Waals surface area contributed by atoms with E-state index in [4.69, 9.17) is 10.7 Å². The number of phenolic OH excluding ortho intramolecular Hbond substituents is 2. The van der Waals surface area contributed by atoms with E-state index in [1.165, 1.54) is 12.1 Å². The predicted octanol–water partition coefficient (Wildman–Crippen LogP) is 3.97. The maximum absolute atomic E-state index is 10.3. The summed E-state index contributed by atoms with van der Waals surface area (Å²) in [6, 6.07) is 12.4. The highest BCUT2D eigenvalue weighted by molar-refractivity contribution is 6.06. The number of aromatic hydroxyl groups is 2. The van der Waals surface area contributed by atoms with Gasteiger partial charge in [0.25, 0.3) is 0 Å². The minimum atomic E-state index is 0.119. The highest BCUT2D eigenvalue weighted by Gasteiger charge is 2.18. The van der Waals surface area contributed by atoms with Crippen molar-refractivity contribution in [2.75, 3.05) is 5.73 Å². The first-order valence-electron chi connectivity index (χ1n) is 9.12. The van der Waals surface area contributed by atoms with E-state index in [1.54, 1.807) is 6.07 Å². The van der Waals surface area contributed by atoms with Crippen molar-refractivity contribution < 1.29 is 10.2 Å². The molecule has 0 saturated carbocycles. The van der Waals surface area contributed by atoms with Gasteiger partial charge < -0.3 is 20.5 Å². The van der Waals surface area contributed by atoms with Crippen LogP contribution in [0.15, 0.2) is 42.5 Å². The van der Waals surface area contributed by atoms with Crippen molar-refractivity contribution in [3.8, 4) is 11.5 Å². The molecule has 0 aliphatic rings. The zero-order valence-corrected chi connectivity index (χ0v) is 15.2. The summed E-state index contributed by atoms with van der Waals surface area (Å²) >= 11 is 0. The fraction of sp³-hybridized carbons (Fsp3) is 0.238. The maximum atomic E-state index is 10.3. The molecule has 6 nitrogen and oxygen atoms in total. The quantitative estimate of drug-likeness (QED) is 0.467. The number of phenols is 2. The molecule has 0 aliphatic carbocycles. The summed E-state index contributed by atoms with van der Waals surface area (Å²) in [5.41, 5.74) is 9.24. The van der Waals surface area contributed by atoms with Crippen molar-refractivity contribution in [1.82, 2.24) is 14.5 Å². The molecule has 0 atom stereocenters. The van der Waals surface area contributed by atoms with Crippen molar-refractivity contribution in [2.45, 2.75) is 32.7 Å². The van der Waals surface area contributed by atoms with Crippen molar-refractivity contribution in [3.63, 3.8) is 0 Å². The van der Waals surface area contributed by atoms with Crippen LogP contribution in [0.3, 0.4) is 0 Å². The lowest BCUT2D eigenvalue weighted by atomic mass is 10.1. The van der Waals surface area contributed by atoms with Crippen LogP contribution in [-0.4, -0.2) is 24.7 Å². The average Bonchev–Trinajstić information content (AvgIpc) is 3.02. The molecule has 6 heteroatoms. The lowest BCUT2D eigenvalue weighted by molar-refractivity contribution is 0.452. The Hall–Kier alpha value is -3.28. The number of nitrogens with zero attached hydrogens (tertiary/aromatic N) is 3. The van der Waals surface area contributed by atoms with E-state index in [9.17, 15) is 10.2 Å². The van der Waals surface area contributed by atoms with Crippen molar-refractivity contribution in [1.29, 1.82) is 0 Å². The van der Waals surface area contributed by atoms with Gasteiger partial charge in [-0.15, -0.1) is 0 Å². The van der Waals surface area contributed by atoms with Crippen LogP contribution in [-0.2, 0) is 13.0 Å². The average molecular weight is 362 g/mol. The standard InChI is InChI=1S/C21H22N4O2/c1-2-3-8-18-24-19-20(15-6-4-5-7-16(15)23-21(19)22)25(18)12-13-11-14(26)9-10-17(13)27/h4-7,9-11,26-27H,2-3,8,12H2,1H3,(H2,22,23). The number of fused-ring (bicyclic) bond motifs is 3. The molecular weight excluding hydrogens is 340 g/mol. The topological polar surface area (TPSA) is 97.2 Å². The number of anilines is 1. The first-order valence-corrected chi connectivity index (χ1v) is 9.12. The molecule has 2 heterocycles. The van der Waals surface area contributed by atoms with Gasteiger partial charge in [-0.1, -0.05) is 31.5 Å². The molecule has 2 aromatic heterocycles. The van der Waals surface area contributed by atoms with Gasteiger partial charge in [0.2, 0.25) is 0 Å². The molecule has 27 heavy (non-hydrogen) atoms. The number of nitrogen functional groups attached to an aromatic ring is 1. The number of hydrogen-bond donors (Lipinski definition) is 3. The number of benzene rings is 2. The number of imidazole rings is 1. The Labute approximate surface area is 156 Å². The van der Waals surface area contributed by atoms with Crippen LogP contribution >= 0.6 is 0 Å². The Bertz CT molecular complexity index is 1130. The van der Waals surface area contributed by atoms with E-state index in [2.05, 4.69) is 16.5 Å². The minimum Gasteiger partial charge on any atom is -0.508 e. The molecule has 138 valence electrons. The number of hydrogen-bond acceptors (Lipinski definition) is 5. The highest BCUT2D eigenvalue weighted by Crippen LogP contribution is 2.31. The van der Waals surface area contributed by atoms with Crippen LogP contribution in [0.4, 0.5) is 5.82 Å². The third kappa shape index (κ3) is 3.03. The second-order valence-corrected chi connectivity index (χ2v) is 6.74. The zero-order valence-electron chi connectivity index (χ0n) is 15.2. The van der Waals surface area contributed by atoms with E-state index < -0.39 is 0 Å². The SMILES string of the molecule is CCCCc1nc2c(N)nc3ccccc3c2n1Cc1cc(O)ccc1O. The Kier molecular flexibility index (Phi) is 4.32. The molecule has 4 N–H and O–H groups in total. The molecule has 0 amide bonds. The highest BCUT2D eigenvalue weighted by atomic mass is 16.3. The monoisotopic (exact) mass is 362 g/mol. The number of aryl methyl sites for hydroxylation is 1. The van der Waals surface area contributed by atoms with Gasteiger partial charge in [-0.05, 0) is 30.7 Å². The molecule has 0 spiro atoms. The van der Waals surface area contributed by atoms with Gasteiger partial charge in [-0.2, -0.15) is 0 Å². The fourth-order valence-electron chi connectivity index (χ4n) is 3.47. The van der Waals surface area contributed by atoms with Crippen LogP contribution in [0, 0.1) is 0 Å². The number of unbranched alkanes of at least 4 members (excludes halogenated alkanes) is 1. The fourth-order valence-corrected chi connectivity index (χ4v) is 3.47. The number of para-hydroxylation sites is 1. The summed E-state index contributed by atoms with van der Waals surface area (Å²) in [5.74, 6) is 1.57. The van der Waals surface area contributed by atoms with E-state index in [-0.39, 0.29) is 11.5 Å². The number of pyridine rings is 1. The van der Waals surface area contributed by atoms with Crippen molar-refractivity contribution in [3.05, 3.63) is 53.9 Å². The normalized spacial score (nSPS) is 11.4. The lowest BCUT2D eigenvalue weighted by Crippen LogP contribution is -2.06. The molecule has 4 aromatic rings. The Morgan fingerprint density at radius 2 is 1.89 bits per heavy atom. The largest absolute Gasteiger partial charge is 0.508 e. The summed E-state index contributed by atoms with van der Waals surface area (Å²) in [7, 11) is 0. The summed E-state index contributed by atoms with van der Waals surface area (Å²) < 4.78 is 2.08. The molecule has 4 rings (SSSR count). The van der Waals surface area contributed by atoms with Gasteiger partial charge in [-0.3, -0.25) is 0 Å². The van der Waals surface area contributed by atoms with Gasteiger partial charge in [-0.25, -0.2) is 9.97 Å². The molecule has 0 aliphatic heterocycles. The van der Waals surface area contributed by atoms with Crippen LogP contribution < -0.4 is 5.73 Å². The first kappa shape index (κ1) is 17.1. The third-order valence-electron chi connectivity index (χ3n) is 4.83. The van der Waals surface area contributed by atoms with E-state index >= 15 is 0 Å². The lowest BCUT2D eigenvalue weighted by Gasteiger charge is -2.12. The minimum absolute atomic E-state index is 0.119. The van der Waals surface area contributed by atoms with Crippen LogP contribution in [0.5, 0.6) is 11.5 Å². The van der Waals surface area contributed by atoms with Crippen molar-refractivity contribution >= 4 is 27.8 Å².